The maximum atomic E-state index is 13.4. The smallest absolute Gasteiger partial charge is 0.335 e. The maximum absolute atomic E-state index is 13.4. The summed E-state index contributed by atoms with van der Waals surface area (Å²) < 4.78 is 16.8. The number of anilines is 4. The van der Waals surface area contributed by atoms with Gasteiger partial charge < -0.3 is 56.7 Å². The molecule has 348 valence electrons. The van der Waals surface area contributed by atoms with E-state index in [2.05, 4.69) is 26.6 Å². The first-order chi connectivity index (χ1) is 31.8. The molecule has 0 spiro atoms. The quantitative estimate of drug-likeness (QED) is 0.0371. The number of benzene rings is 5. The number of hydrogen-bond acceptors (Lipinski definition) is 13. The van der Waals surface area contributed by atoms with Crippen LogP contribution in [0.25, 0.3) is 0 Å². The fourth-order valence-electron chi connectivity index (χ4n) is 6.18. The van der Waals surface area contributed by atoms with Crippen molar-refractivity contribution in [2.75, 3.05) is 28.4 Å². The summed E-state index contributed by atoms with van der Waals surface area (Å²) >= 11 is 0. The van der Waals surface area contributed by atoms with E-state index in [1.165, 1.54) is 103 Å². The molecular weight excluding hydrogens is 875 g/mol. The van der Waals surface area contributed by atoms with Gasteiger partial charge in [-0.05, 0) is 119 Å². The Hall–Kier alpha value is -8.85. The zero-order valence-corrected chi connectivity index (χ0v) is 36.4. The van der Waals surface area contributed by atoms with Crippen LogP contribution in [0.4, 0.5) is 28.4 Å². The van der Waals surface area contributed by atoms with Crippen LogP contribution in [0.5, 0.6) is 17.2 Å². The Morgan fingerprint density at radius 3 is 1.64 bits per heavy atom. The van der Waals surface area contributed by atoms with Crippen LogP contribution < -0.4 is 41.8 Å². The van der Waals surface area contributed by atoms with E-state index in [1.54, 1.807) is 27.7 Å². The third-order valence-corrected chi connectivity index (χ3v) is 9.39. The van der Waals surface area contributed by atoms with Crippen molar-refractivity contribution in [3.8, 4) is 17.2 Å². The van der Waals surface area contributed by atoms with Gasteiger partial charge in [-0.2, -0.15) is 0 Å². The van der Waals surface area contributed by atoms with Crippen LogP contribution in [0.2, 0.25) is 0 Å². The minimum atomic E-state index is -1.66. The molecule has 0 saturated heterocycles. The van der Waals surface area contributed by atoms with Crippen LogP contribution in [-0.2, 0) is 14.3 Å². The number of nitrogens with zero attached hydrogens (tertiary/aromatic N) is 1. The molecule has 21 heteroatoms. The minimum Gasteiger partial charge on any atom is -0.504 e. The molecule has 0 radical (unpaired) electrons. The van der Waals surface area contributed by atoms with Crippen molar-refractivity contribution in [2.45, 2.75) is 52.0 Å². The number of aromatic hydroxyl groups is 1. The molecule has 6 amide bonds. The predicted octanol–water partition coefficient (Wildman–Crippen LogP) is 5.57. The first kappa shape index (κ1) is 49.2. The summed E-state index contributed by atoms with van der Waals surface area (Å²) in [6, 6.07) is 20.7. The monoisotopic (exact) mass is 919 g/mol. The van der Waals surface area contributed by atoms with E-state index < -0.39 is 70.3 Å². The molecule has 21 nitrogen and oxygen atoms in total. The number of ether oxygens (including phenoxy) is 3. The first-order valence-corrected chi connectivity index (χ1v) is 20.1. The number of nitro benzene ring substituents is 1. The normalized spacial score (nSPS) is 11.7. The maximum Gasteiger partial charge on any atom is 0.335 e. The van der Waals surface area contributed by atoms with Gasteiger partial charge in [-0.15, -0.1) is 0 Å². The Labute approximate surface area is 381 Å². The molecule has 0 unspecified atom stereocenters. The van der Waals surface area contributed by atoms with E-state index in [0.717, 1.165) is 7.11 Å². The summed E-state index contributed by atoms with van der Waals surface area (Å²) in [5, 5.41) is 44.4. The summed E-state index contributed by atoms with van der Waals surface area (Å²) in [6.45, 7) is 6.77. The molecule has 0 fully saturated rings. The second kappa shape index (κ2) is 21.7. The Balaban J connectivity index is 1.23. The van der Waals surface area contributed by atoms with Gasteiger partial charge in [0.1, 0.15) is 11.8 Å². The Morgan fingerprint density at radius 1 is 0.627 bits per heavy atom. The van der Waals surface area contributed by atoms with Gasteiger partial charge >= 0.3 is 5.97 Å². The second-order valence-corrected chi connectivity index (χ2v) is 15.0. The van der Waals surface area contributed by atoms with E-state index in [-0.39, 0.29) is 73.9 Å². The summed E-state index contributed by atoms with van der Waals surface area (Å²) in [4.78, 5) is 100. The number of nitrogens with two attached hydrogens (primary N) is 1. The number of amides is 6. The summed E-state index contributed by atoms with van der Waals surface area (Å²) in [5.74, 6) is -6.77. The van der Waals surface area contributed by atoms with E-state index in [9.17, 15) is 53.9 Å². The number of nitrogens with one attached hydrogen (secondary N) is 5. The van der Waals surface area contributed by atoms with Gasteiger partial charge in [-0.1, -0.05) is 0 Å². The molecule has 0 aromatic heterocycles. The lowest BCUT2D eigenvalue weighted by Gasteiger charge is -2.24. The molecular formula is C46H45N7O14. The van der Waals surface area contributed by atoms with Crippen LogP contribution in [0.1, 0.15) is 79.5 Å². The number of carboxylic acids is 1. The zero-order chi connectivity index (χ0) is 49.1. The van der Waals surface area contributed by atoms with Gasteiger partial charge in [0.15, 0.2) is 17.6 Å². The van der Waals surface area contributed by atoms with Gasteiger partial charge in [-0.25, -0.2) is 4.79 Å². The molecule has 2 atom stereocenters. The van der Waals surface area contributed by atoms with Gasteiger partial charge in [-0.3, -0.25) is 38.9 Å². The average molecular weight is 920 g/mol. The van der Waals surface area contributed by atoms with Crippen molar-refractivity contribution < 1.29 is 62.9 Å². The molecule has 0 saturated carbocycles. The summed E-state index contributed by atoms with van der Waals surface area (Å²) in [7, 11) is 1.12. The van der Waals surface area contributed by atoms with Crippen molar-refractivity contribution in [1.29, 1.82) is 0 Å². The number of non-ortho nitro benzene ring substituents is 1. The molecule has 5 aromatic carbocycles. The van der Waals surface area contributed by atoms with E-state index >= 15 is 0 Å². The Morgan fingerprint density at radius 2 is 1.12 bits per heavy atom. The summed E-state index contributed by atoms with van der Waals surface area (Å²) in [6.07, 6.45) is -2.52. The molecule has 0 bridgehead atoms. The van der Waals surface area contributed by atoms with Crippen LogP contribution in [0.15, 0.2) is 103 Å². The molecule has 67 heavy (non-hydrogen) atoms. The predicted molar refractivity (Wildman–Crippen MR) is 243 cm³/mol. The number of carbonyl (C=O) groups excluding carboxylic acids is 6. The van der Waals surface area contributed by atoms with Crippen LogP contribution >= 0.6 is 0 Å². The highest BCUT2D eigenvalue weighted by Crippen LogP contribution is 2.39. The van der Waals surface area contributed by atoms with Crippen LogP contribution in [0, 0.1) is 10.1 Å². The molecule has 0 heterocycles. The van der Waals surface area contributed by atoms with Crippen molar-refractivity contribution in [3.63, 3.8) is 0 Å². The van der Waals surface area contributed by atoms with Gasteiger partial charge in [0.2, 0.25) is 5.91 Å². The SMILES string of the molecule is CO[C@H](C(=O)Nc1ccc(C(=O)Nc2ccc(C(=O)Nc3ccc(C(=O)O)cc3OC(C)C)c(O)c2OC(C)C)cc1)[C@H](NC(=O)c1ccc(NC(=O)c2ccc([N+](=O)[O-])cc2)cc1)C(N)=O. The number of phenolic OH excluding ortho intramolecular Hbond substituents is 1. The third-order valence-electron chi connectivity index (χ3n) is 9.39. The first-order valence-electron chi connectivity index (χ1n) is 20.1. The Bertz CT molecular complexity index is 2710. The zero-order valence-electron chi connectivity index (χ0n) is 36.4. The number of primary amides is 1. The molecule has 5 aromatic rings. The number of nitro groups is 1. The molecule has 5 rings (SSSR count). The fourth-order valence-corrected chi connectivity index (χ4v) is 6.18. The van der Waals surface area contributed by atoms with E-state index in [1.807, 2.05) is 0 Å². The average Bonchev–Trinajstić information content (AvgIpc) is 3.28. The Kier molecular flexibility index (Phi) is 15.9. The number of carbonyl (C=O) groups is 7. The molecule has 9 N–H and O–H groups in total. The van der Waals surface area contributed by atoms with E-state index in [0.29, 0.717) is 0 Å². The highest BCUT2D eigenvalue weighted by atomic mass is 16.6. The highest BCUT2D eigenvalue weighted by Gasteiger charge is 2.34. The second-order valence-electron chi connectivity index (χ2n) is 15.0. The van der Waals surface area contributed by atoms with Gasteiger partial charge in [0.25, 0.3) is 35.2 Å². The number of methoxy groups -OCH3 is 1. The lowest BCUT2D eigenvalue weighted by molar-refractivity contribution is -0.384. The molecule has 0 aliphatic rings. The number of hydrogen-bond donors (Lipinski definition) is 8. The number of rotatable bonds is 19. The third kappa shape index (κ3) is 12.7. The topological polar surface area (TPSA) is 317 Å². The highest BCUT2D eigenvalue weighted by molar-refractivity contribution is 6.10. The molecule has 0 aliphatic carbocycles. The minimum absolute atomic E-state index is 0.00430. The lowest BCUT2D eigenvalue weighted by atomic mass is 10.1. The van der Waals surface area contributed by atoms with Crippen molar-refractivity contribution in [3.05, 3.63) is 141 Å². The summed E-state index contributed by atoms with van der Waals surface area (Å²) in [5.41, 5.74) is 5.91. The van der Waals surface area contributed by atoms with Gasteiger partial charge in [0.05, 0.1) is 39.6 Å². The number of aromatic carboxylic acids is 1. The lowest BCUT2D eigenvalue weighted by Crippen LogP contribution is -2.56. The fraction of sp³-hybridized carbons (Fsp3) is 0.196. The molecule has 0 aliphatic heterocycles. The van der Waals surface area contributed by atoms with Crippen LogP contribution in [-0.4, -0.2) is 88.0 Å². The van der Waals surface area contributed by atoms with Crippen molar-refractivity contribution in [1.82, 2.24) is 5.32 Å². The van der Waals surface area contributed by atoms with Crippen LogP contribution in [0.3, 0.4) is 0 Å². The largest absolute Gasteiger partial charge is 0.504 e. The number of phenols is 1. The van der Waals surface area contributed by atoms with Gasteiger partial charge in [0, 0.05) is 47.3 Å². The number of carboxylic acid groups (broad SMARTS) is 1. The standard InChI is InChI=1S/C46H45N7O14/c1-23(2)66-35-22-28(46(61)62)12-20-33(35)50-44(59)32-19-21-34(38(37(32)54)67-24(3)4)51-42(57)25-6-15-30(16-7-25)49-45(60)39(65-5)36(40(47)55)52-43(58)26-8-13-29(14-9-26)48-41(56)27-10-17-31(18-11-27)53(63)64/h6-24,36,39,54H,1-5H3,(H2,47,55)(H,48,56)(H,49,60)(H,50,59)(H,51,57)(H,52,58)(H,61,62)/t36-,39-/m0/s1. The van der Waals surface area contributed by atoms with Crippen molar-refractivity contribution >= 4 is 69.8 Å². The van der Waals surface area contributed by atoms with E-state index in [4.69, 9.17) is 19.9 Å². The van der Waals surface area contributed by atoms with Crippen molar-refractivity contribution in [2.24, 2.45) is 5.73 Å².